The van der Waals surface area contributed by atoms with E-state index in [-0.39, 0.29) is 21.7 Å². The fourth-order valence-corrected chi connectivity index (χ4v) is 2.93. The maximum Gasteiger partial charge on any atom is 2.00 e. The van der Waals surface area contributed by atoms with Gasteiger partial charge in [-0.25, -0.2) is 0 Å². The molecule has 0 unspecified atom stereocenters. The van der Waals surface area contributed by atoms with Crippen LogP contribution in [0.1, 0.15) is 67.7 Å². The first kappa shape index (κ1) is 28.7. The minimum atomic E-state index is 0. The summed E-state index contributed by atoms with van der Waals surface area (Å²) in [5, 5.41) is 5.40. The smallest absolute Gasteiger partial charge is 0.665 e. The van der Waals surface area contributed by atoms with Crippen LogP contribution in [0.3, 0.4) is 0 Å². The first-order valence-corrected chi connectivity index (χ1v) is 10.8. The van der Waals surface area contributed by atoms with Crippen molar-refractivity contribution in [2.24, 2.45) is 0 Å². The third-order valence-corrected chi connectivity index (χ3v) is 5.23. The molecule has 2 aromatic carbocycles. The van der Waals surface area contributed by atoms with Crippen LogP contribution in [0.15, 0.2) is 36.4 Å². The normalized spacial score (nSPS) is 9.44. The first-order chi connectivity index (χ1) is 12.4. The molecule has 149 valence electrons. The summed E-state index contributed by atoms with van der Waals surface area (Å²) in [6, 6.07) is 12.5. The van der Waals surface area contributed by atoms with E-state index >= 15 is 0 Å². The summed E-state index contributed by atoms with van der Waals surface area (Å²) in [6.45, 7) is 12.0. The Kier molecular flexibility index (Phi) is 20.0. The zero-order chi connectivity index (χ0) is 19.8. The van der Waals surface area contributed by atoms with Crippen LogP contribution in [-0.4, -0.2) is 23.8 Å². The van der Waals surface area contributed by atoms with Gasteiger partial charge in [0.25, 0.3) is 0 Å². The van der Waals surface area contributed by atoms with E-state index in [4.69, 9.17) is 0 Å². The molecule has 2 rings (SSSR count). The van der Waals surface area contributed by atoms with Gasteiger partial charge in [-0.15, -0.1) is 6.54 Å². The van der Waals surface area contributed by atoms with Crippen molar-refractivity contribution >= 4 is 15.4 Å². The molecule has 27 heavy (non-hydrogen) atoms. The van der Waals surface area contributed by atoms with Crippen molar-refractivity contribution < 1.29 is 21.7 Å². The Morgan fingerprint density at radius 3 is 1.81 bits per heavy atom. The summed E-state index contributed by atoms with van der Waals surface area (Å²) in [5.74, 6) is 0. The third kappa shape index (κ3) is 15.1. The van der Waals surface area contributed by atoms with E-state index in [1.54, 1.807) is 0 Å². The van der Waals surface area contributed by atoms with E-state index in [9.17, 15) is 0 Å². The Balaban J connectivity index is 0. The molecule has 1 nitrogen and oxygen atoms in total. The van der Waals surface area contributed by atoms with Crippen molar-refractivity contribution in [3.05, 3.63) is 64.0 Å². The molecule has 0 spiro atoms. The fourth-order valence-electron chi connectivity index (χ4n) is 2.66. The maximum atomic E-state index is 4.05. The molecule has 0 fully saturated rings. The van der Waals surface area contributed by atoms with Crippen LogP contribution in [0, 0.1) is 27.7 Å². The average molecular weight is 419 g/mol. The van der Waals surface area contributed by atoms with Crippen molar-refractivity contribution in [2.45, 2.75) is 73.1 Å². The Morgan fingerprint density at radius 2 is 1.48 bits per heavy atom. The van der Waals surface area contributed by atoms with E-state index in [0.29, 0.717) is 0 Å². The predicted octanol–water partition coefficient (Wildman–Crippen LogP) is 5.93. The maximum absolute atomic E-state index is 4.05. The standard InChI is InChI=1S/C9H20N.C9H13.C6H7Si.Ti/c1-3-4-5-6-7-8-9-10-2;1-6-5-7(2)9(4)8(6)3;7-6-4-2-1-3-5-6;/h3-9H2,1-2H3;5H,1-4H3;1-5H,7H2;/q2*-1;;+2. The van der Waals surface area contributed by atoms with Gasteiger partial charge in [-0.2, -0.15) is 35.4 Å². The number of aryl methyl sites for hydroxylation is 2. The van der Waals surface area contributed by atoms with Crippen LogP contribution in [0.2, 0.25) is 0 Å². The predicted molar refractivity (Wildman–Crippen MR) is 123 cm³/mol. The van der Waals surface area contributed by atoms with E-state index in [1.807, 2.05) is 35.5 Å². The number of hydrogen-bond donors (Lipinski definition) is 0. The van der Waals surface area contributed by atoms with Gasteiger partial charge in [0.15, 0.2) is 0 Å². The Bertz CT molecular complexity index is 533. The number of rotatable bonds is 7. The van der Waals surface area contributed by atoms with Crippen molar-refractivity contribution in [2.75, 3.05) is 13.6 Å². The summed E-state index contributed by atoms with van der Waals surface area (Å²) < 4.78 is 0. The molecule has 0 N–H and O–H groups in total. The molecule has 0 amide bonds. The van der Waals surface area contributed by atoms with E-state index < -0.39 is 0 Å². The molecule has 0 saturated heterocycles. The molecule has 0 heterocycles. The van der Waals surface area contributed by atoms with Crippen LogP contribution in [0.5, 0.6) is 0 Å². The van der Waals surface area contributed by atoms with Crippen molar-refractivity contribution in [1.29, 1.82) is 0 Å². The van der Waals surface area contributed by atoms with Crippen LogP contribution in [0.4, 0.5) is 0 Å². The minimum absolute atomic E-state index is 0. The van der Waals surface area contributed by atoms with Crippen molar-refractivity contribution in [3.63, 3.8) is 0 Å². The summed E-state index contributed by atoms with van der Waals surface area (Å²) in [4.78, 5) is 0. The second kappa shape index (κ2) is 18.8. The Hall–Kier alpha value is -0.539. The molecule has 0 saturated carbocycles. The molecule has 0 bridgehead atoms. The van der Waals surface area contributed by atoms with E-state index in [2.05, 4.69) is 58.1 Å². The van der Waals surface area contributed by atoms with Gasteiger partial charge >= 0.3 is 21.7 Å². The third-order valence-electron chi connectivity index (χ3n) is 4.76. The number of benzene rings is 1. The molecular formula is C24H40NSiTi. The molecule has 0 aliphatic carbocycles. The van der Waals surface area contributed by atoms with Crippen LogP contribution in [-0.2, 0) is 21.7 Å². The van der Waals surface area contributed by atoms with Crippen molar-refractivity contribution in [3.8, 4) is 0 Å². The molecular weight excluding hydrogens is 378 g/mol. The molecule has 1 radical (unpaired) electrons. The first-order valence-electron chi connectivity index (χ1n) is 10.1. The van der Waals surface area contributed by atoms with Gasteiger partial charge in [-0.3, -0.25) is 0 Å². The van der Waals surface area contributed by atoms with Gasteiger partial charge in [0.2, 0.25) is 0 Å². The SMILES string of the molecule is CCCCCCCC[N-]C.Cc1c[c-](C)c(C)c1C.[SiH2]c1ccccc1.[Ti+2]. The number of unbranched alkanes of at least 4 members (excludes halogenated alkanes) is 5. The molecule has 0 atom stereocenters. The summed E-state index contributed by atoms with van der Waals surface area (Å²) in [6.07, 6.45) is 8.24. The van der Waals surface area contributed by atoms with E-state index in [0.717, 1.165) is 6.54 Å². The van der Waals surface area contributed by atoms with Gasteiger partial charge in [-0.1, -0.05) is 109 Å². The average Bonchev–Trinajstić information content (AvgIpc) is 2.86. The summed E-state index contributed by atoms with van der Waals surface area (Å²) in [5.41, 5.74) is 5.75. The molecule has 2 aromatic rings. The largest absolute Gasteiger partial charge is 2.00 e. The Labute approximate surface area is 187 Å². The Morgan fingerprint density at radius 1 is 0.926 bits per heavy atom. The van der Waals surface area contributed by atoms with Crippen LogP contribution < -0.4 is 5.19 Å². The minimum Gasteiger partial charge on any atom is -0.665 e. The van der Waals surface area contributed by atoms with E-state index in [1.165, 1.54) is 66.0 Å². The van der Waals surface area contributed by atoms with Crippen LogP contribution >= 0.6 is 0 Å². The zero-order valence-corrected chi connectivity index (χ0v) is 21.5. The fraction of sp³-hybridized carbons (Fsp3) is 0.542. The van der Waals surface area contributed by atoms with Gasteiger partial charge < -0.3 is 5.32 Å². The number of nitrogens with zero attached hydrogens (tertiary/aromatic N) is 1. The molecule has 0 aromatic heterocycles. The second-order valence-electron chi connectivity index (χ2n) is 7.05. The van der Waals surface area contributed by atoms with Crippen molar-refractivity contribution in [1.82, 2.24) is 0 Å². The summed E-state index contributed by atoms with van der Waals surface area (Å²) >= 11 is 0. The number of hydrogen-bond acceptors (Lipinski definition) is 0. The summed E-state index contributed by atoms with van der Waals surface area (Å²) in [7, 11) is 3.80. The topological polar surface area (TPSA) is 14.1 Å². The van der Waals surface area contributed by atoms with Gasteiger partial charge in [0.1, 0.15) is 0 Å². The van der Waals surface area contributed by atoms with Gasteiger partial charge in [0, 0.05) is 10.2 Å². The molecule has 0 aliphatic heterocycles. The second-order valence-corrected chi connectivity index (χ2v) is 7.87. The molecule has 3 heteroatoms. The quantitative estimate of drug-likeness (QED) is 0.300. The van der Waals surface area contributed by atoms with Gasteiger partial charge in [0.05, 0.1) is 0 Å². The van der Waals surface area contributed by atoms with Crippen LogP contribution in [0.25, 0.3) is 5.32 Å². The van der Waals surface area contributed by atoms with Gasteiger partial charge in [-0.05, 0) is 0 Å². The monoisotopic (exact) mass is 418 g/mol. The molecule has 0 aliphatic rings. The zero-order valence-electron chi connectivity index (χ0n) is 18.6.